The zero-order chi connectivity index (χ0) is 20.6. The summed E-state index contributed by atoms with van der Waals surface area (Å²) in [7, 11) is 0. The number of rotatable bonds is 8. The zero-order valence-corrected chi connectivity index (χ0v) is 16.6. The van der Waals surface area contributed by atoms with Crippen LogP contribution in [0.4, 0.5) is 8.78 Å². The molecule has 3 N–H and O–H groups in total. The topological polar surface area (TPSA) is 70.2 Å². The summed E-state index contributed by atoms with van der Waals surface area (Å²) in [5, 5.41) is 8.95. The predicted molar refractivity (Wildman–Crippen MR) is 109 cm³/mol. The Balaban J connectivity index is 1.41. The van der Waals surface area contributed by atoms with Crippen molar-refractivity contribution in [2.24, 2.45) is 0 Å². The minimum absolute atomic E-state index is 0.107. The third kappa shape index (κ3) is 7.14. The Hall–Kier alpha value is -2.45. The molecule has 3 rings (SSSR count). The van der Waals surface area contributed by atoms with Gasteiger partial charge in [-0.1, -0.05) is 24.3 Å². The van der Waals surface area contributed by atoms with Gasteiger partial charge in [-0.2, -0.15) is 0 Å². The molecule has 154 valence electrons. The van der Waals surface area contributed by atoms with E-state index in [2.05, 4.69) is 16.0 Å². The Morgan fingerprint density at radius 2 is 1.66 bits per heavy atom. The van der Waals surface area contributed by atoms with Gasteiger partial charge >= 0.3 is 0 Å². The van der Waals surface area contributed by atoms with Crippen molar-refractivity contribution in [3.05, 3.63) is 71.3 Å². The molecule has 0 radical (unpaired) electrons. The first kappa shape index (κ1) is 21.3. The molecule has 2 unspecified atom stereocenters. The highest BCUT2D eigenvalue weighted by Gasteiger charge is 2.27. The molecule has 2 amide bonds. The van der Waals surface area contributed by atoms with Gasteiger partial charge in [0, 0.05) is 31.2 Å². The van der Waals surface area contributed by atoms with Gasteiger partial charge < -0.3 is 10.6 Å². The fourth-order valence-electron chi connectivity index (χ4n) is 3.02. The average molecular weight is 419 g/mol. The van der Waals surface area contributed by atoms with E-state index in [-0.39, 0.29) is 47.8 Å². The van der Waals surface area contributed by atoms with Crippen LogP contribution in [0.3, 0.4) is 0 Å². The third-order valence-electron chi connectivity index (χ3n) is 4.52. The monoisotopic (exact) mass is 419 g/mol. The number of hydrogen-bond acceptors (Lipinski definition) is 4. The maximum atomic E-state index is 13.0. The van der Waals surface area contributed by atoms with E-state index in [4.69, 9.17) is 0 Å². The normalized spacial score (nSPS) is 18.9. The molecule has 29 heavy (non-hydrogen) atoms. The lowest BCUT2D eigenvalue weighted by Crippen LogP contribution is -2.55. The van der Waals surface area contributed by atoms with E-state index >= 15 is 0 Å². The highest BCUT2D eigenvalue weighted by Crippen LogP contribution is 2.19. The molecule has 1 saturated heterocycles. The largest absolute Gasteiger partial charge is 0.356 e. The molecule has 0 bridgehead atoms. The van der Waals surface area contributed by atoms with Gasteiger partial charge in [0.15, 0.2) is 0 Å². The predicted octanol–water partition coefficient (Wildman–Crippen LogP) is 2.71. The Morgan fingerprint density at radius 3 is 2.31 bits per heavy atom. The van der Waals surface area contributed by atoms with Crippen LogP contribution in [-0.4, -0.2) is 29.9 Å². The van der Waals surface area contributed by atoms with Crippen LogP contribution in [0.5, 0.6) is 0 Å². The summed E-state index contributed by atoms with van der Waals surface area (Å²) in [5.74, 6) is -0.208. The second-order valence-electron chi connectivity index (χ2n) is 6.88. The van der Waals surface area contributed by atoms with Crippen LogP contribution in [-0.2, 0) is 21.8 Å². The summed E-state index contributed by atoms with van der Waals surface area (Å²) in [6.45, 7) is 0.451. The van der Waals surface area contributed by atoms with E-state index in [1.807, 2.05) is 0 Å². The maximum absolute atomic E-state index is 13.0. The lowest BCUT2D eigenvalue weighted by molar-refractivity contribution is -0.125. The summed E-state index contributed by atoms with van der Waals surface area (Å²) in [4.78, 5) is 24.2. The van der Waals surface area contributed by atoms with Crippen molar-refractivity contribution in [2.75, 3.05) is 6.54 Å². The summed E-state index contributed by atoms with van der Waals surface area (Å²) in [5.41, 5.74) is 1.59. The van der Waals surface area contributed by atoms with Gasteiger partial charge in [-0.05, 0) is 41.8 Å². The van der Waals surface area contributed by atoms with Gasteiger partial charge in [-0.15, -0.1) is 11.8 Å². The lowest BCUT2D eigenvalue weighted by atomic mass is 10.1. The first-order valence-corrected chi connectivity index (χ1v) is 10.5. The molecule has 1 aliphatic heterocycles. The zero-order valence-electron chi connectivity index (χ0n) is 15.8. The minimum Gasteiger partial charge on any atom is -0.356 e. The fourth-order valence-corrected chi connectivity index (χ4v) is 4.07. The highest BCUT2D eigenvalue weighted by atomic mass is 32.2. The van der Waals surface area contributed by atoms with Crippen molar-refractivity contribution in [3.63, 3.8) is 0 Å². The van der Waals surface area contributed by atoms with Gasteiger partial charge in [0.1, 0.15) is 17.1 Å². The number of hydrogen-bond donors (Lipinski definition) is 3. The van der Waals surface area contributed by atoms with Crippen LogP contribution in [0, 0.1) is 11.6 Å². The molecule has 2 aromatic rings. The van der Waals surface area contributed by atoms with Gasteiger partial charge in [0.25, 0.3) is 0 Å². The summed E-state index contributed by atoms with van der Waals surface area (Å²) >= 11 is 1.48. The van der Waals surface area contributed by atoms with Crippen molar-refractivity contribution in [1.82, 2.24) is 16.0 Å². The van der Waals surface area contributed by atoms with E-state index in [0.717, 1.165) is 11.1 Å². The van der Waals surface area contributed by atoms with Crippen LogP contribution < -0.4 is 16.0 Å². The Kier molecular flexibility index (Phi) is 7.60. The summed E-state index contributed by atoms with van der Waals surface area (Å²) in [6.07, 6.45) is 1.05. The highest BCUT2D eigenvalue weighted by molar-refractivity contribution is 7.99. The van der Waals surface area contributed by atoms with E-state index in [0.29, 0.717) is 18.7 Å². The molecule has 5 nitrogen and oxygen atoms in total. The molecule has 0 saturated carbocycles. The van der Waals surface area contributed by atoms with Crippen molar-refractivity contribution in [1.29, 1.82) is 0 Å². The SMILES string of the molecule is O=C(CC1CC(=O)NC(SCc2ccc(F)cc2)N1)NCCc1ccc(F)cc1. The standard InChI is InChI=1S/C21H23F2N3O2S/c22-16-5-1-14(2-6-16)9-10-24-19(27)11-18-12-20(28)26-21(25-18)29-13-15-3-7-17(23)8-4-15/h1-8,18,21,25H,9-13H2,(H,24,27)(H,26,28). The molecule has 0 aromatic heterocycles. The molecule has 1 aliphatic rings. The number of amides is 2. The lowest BCUT2D eigenvalue weighted by Gasteiger charge is -2.31. The molecular formula is C21H23F2N3O2S. The summed E-state index contributed by atoms with van der Waals surface area (Å²) < 4.78 is 25.9. The van der Waals surface area contributed by atoms with Crippen molar-refractivity contribution >= 4 is 23.6 Å². The number of nitrogens with one attached hydrogen (secondary N) is 3. The number of halogens is 2. The second kappa shape index (κ2) is 10.4. The first-order chi connectivity index (χ1) is 14.0. The Morgan fingerprint density at radius 1 is 1.03 bits per heavy atom. The van der Waals surface area contributed by atoms with Crippen molar-refractivity contribution in [3.8, 4) is 0 Å². The molecule has 8 heteroatoms. The quantitative estimate of drug-likeness (QED) is 0.615. The average Bonchev–Trinajstić information content (AvgIpc) is 2.69. The van der Waals surface area contributed by atoms with Gasteiger partial charge in [0.2, 0.25) is 11.8 Å². The van der Waals surface area contributed by atoms with Crippen LogP contribution in [0.1, 0.15) is 24.0 Å². The molecule has 1 fully saturated rings. The number of carbonyl (C=O) groups excluding carboxylic acids is 2. The van der Waals surface area contributed by atoms with E-state index in [1.54, 1.807) is 24.3 Å². The van der Waals surface area contributed by atoms with E-state index in [9.17, 15) is 18.4 Å². The molecule has 2 atom stereocenters. The number of thioether (sulfide) groups is 1. The van der Waals surface area contributed by atoms with Crippen molar-refractivity contribution in [2.45, 2.75) is 36.6 Å². The minimum atomic E-state index is -0.307. The van der Waals surface area contributed by atoms with Crippen LogP contribution in [0.25, 0.3) is 0 Å². The third-order valence-corrected chi connectivity index (χ3v) is 5.61. The molecule has 0 aliphatic carbocycles. The van der Waals surface area contributed by atoms with Gasteiger partial charge in [-0.3, -0.25) is 14.9 Å². The van der Waals surface area contributed by atoms with E-state index in [1.165, 1.54) is 36.0 Å². The van der Waals surface area contributed by atoms with Gasteiger partial charge in [-0.25, -0.2) is 8.78 Å². The Bertz CT molecular complexity index is 831. The van der Waals surface area contributed by atoms with Gasteiger partial charge in [0.05, 0.1) is 0 Å². The first-order valence-electron chi connectivity index (χ1n) is 9.40. The van der Waals surface area contributed by atoms with Crippen LogP contribution in [0.15, 0.2) is 48.5 Å². The fraction of sp³-hybridized carbons (Fsp3) is 0.333. The summed E-state index contributed by atoms with van der Waals surface area (Å²) in [6, 6.07) is 12.1. The maximum Gasteiger partial charge on any atom is 0.223 e. The Labute approximate surface area is 172 Å². The smallest absolute Gasteiger partial charge is 0.223 e. The molecular weight excluding hydrogens is 396 g/mol. The van der Waals surface area contributed by atoms with Crippen LogP contribution in [0.2, 0.25) is 0 Å². The number of benzene rings is 2. The van der Waals surface area contributed by atoms with Crippen molar-refractivity contribution < 1.29 is 18.4 Å². The molecule has 1 heterocycles. The number of carbonyl (C=O) groups is 2. The second-order valence-corrected chi connectivity index (χ2v) is 7.98. The molecule has 0 spiro atoms. The van der Waals surface area contributed by atoms with Crippen LogP contribution >= 0.6 is 11.8 Å². The molecule has 2 aromatic carbocycles. The van der Waals surface area contributed by atoms with E-state index < -0.39 is 0 Å².